The maximum Gasteiger partial charge on any atom is 0.343 e. The third kappa shape index (κ3) is 3.17. The molecule has 0 aromatic rings. The third-order valence-electron chi connectivity index (χ3n) is 0.444. The molecule has 48 valence electrons. The number of carboxylic acid groups (broad SMARTS) is 1. The maximum atomic E-state index is 9.78. The molecule has 0 radical (unpaired) electrons. The molecule has 0 saturated carbocycles. The van der Waals surface area contributed by atoms with Crippen molar-refractivity contribution in [3.05, 3.63) is 0 Å². The number of aliphatic hydroxyl groups is 1. The van der Waals surface area contributed by atoms with Crippen LogP contribution < -0.4 is 0 Å². The number of hydrogen-bond donors (Lipinski definition) is 3. The van der Waals surface area contributed by atoms with Crippen molar-refractivity contribution in [3.63, 3.8) is 0 Å². The fourth-order valence-corrected chi connectivity index (χ4v) is 0.849. The summed E-state index contributed by atoms with van der Waals surface area (Å²) in [5.74, 6) is -1.22. The van der Waals surface area contributed by atoms with Gasteiger partial charge >= 0.3 is 5.97 Å². The number of aliphatic carboxylic acids is 1. The molecule has 3 nitrogen and oxygen atoms in total. The minimum Gasteiger partial charge on any atom is -0.479 e. The standard InChI is InChI=1S/C3H6O3S2/c4-2(5)3(6)8-1-7/h3,6-7H,1H2,(H,4,5). The van der Waals surface area contributed by atoms with Crippen molar-refractivity contribution in [3.8, 4) is 0 Å². The number of thioether (sulfide) groups is 1. The Hall–Kier alpha value is 0.130. The molecular weight excluding hydrogens is 148 g/mol. The van der Waals surface area contributed by atoms with E-state index in [4.69, 9.17) is 10.2 Å². The van der Waals surface area contributed by atoms with Gasteiger partial charge in [0.05, 0.1) is 0 Å². The molecule has 0 saturated heterocycles. The van der Waals surface area contributed by atoms with Crippen molar-refractivity contribution >= 4 is 30.4 Å². The predicted molar refractivity (Wildman–Crippen MR) is 35.1 cm³/mol. The molecule has 1 unspecified atom stereocenters. The van der Waals surface area contributed by atoms with Gasteiger partial charge in [-0.1, -0.05) is 0 Å². The number of rotatable bonds is 3. The van der Waals surface area contributed by atoms with Gasteiger partial charge in [0, 0.05) is 5.08 Å². The Balaban J connectivity index is 3.32. The average molecular weight is 154 g/mol. The van der Waals surface area contributed by atoms with Crippen molar-refractivity contribution in [2.45, 2.75) is 5.44 Å². The average Bonchev–Trinajstić information content (AvgIpc) is 1.67. The molecule has 0 bridgehead atoms. The van der Waals surface area contributed by atoms with Crippen LogP contribution in [0.1, 0.15) is 0 Å². The molecular formula is C3H6O3S2. The molecule has 2 N–H and O–H groups in total. The summed E-state index contributed by atoms with van der Waals surface area (Å²) in [6.07, 6.45) is 0. The van der Waals surface area contributed by atoms with Gasteiger partial charge in [-0.25, -0.2) is 4.79 Å². The Labute approximate surface area is 56.5 Å². The summed E-state index contributed by atoms with van der Waals surface area (Å²) in [6.45, 7) is 0. The summed E-state index contributed by atoms with van der Waals surface area (Å²) in [5.41, 5.74) is -1.33. The van der Waals surface area contributed by atoms with Gasteiger partial charge in [0.2, 0.25) is 0 Å². The van der Waals surface area contributed by atoms with Crippen molar-refractivity contribution < 1.29 is 15.0 Å². The minimum atomic E-state index is -1.33. The van der Waals surface area contributed by atoms with Crippen LogP contribution in [0.25, 0.3) is 0 Å². The lowest BCUT2D eigenvalue weighted by Gasteiger charge is -1.98. The third-order valence-corrected chi connectivity index (χ3v) is 1.56. The summed E-state index contributed by atoms with van der Waals surface area (Å²) in [6, 6.07) is 0. The van der Waals surface area contributed by atoms with Gasteiger partial charge in [-0.15, -0.1) is 11.8 Å². The van der Waals surface area contributed by atoms with E-state index in [1.807, 2.05) is 0 Å². The lowest BCUT2D eigenvalue weighted by Crippen LogP contribution is -2.14. The monoisotopic (exact) mass is 154 g/mol. The molecule has 0 aromatic heterocycles. The lowest BCUT2D eigenvalue weighted by atomic mass is 10.7. The van der Waals surface area contributed by atoms with Crippen LogP contribution in [-0.4, -0.2) is 26.7 Å². The predicted octanol–water partition coefficient (Wildman–Crippen LogP) is 0.00990. The van der Waals surface area contributed by atoms with Gasteiger partial charge < -0.3 is 10.2 Å². The van der Waals surface area contributed by atoms with Crippen LogP contribution in [0, 0.1) is 0 Å². The van der Waals surface area contributed by atoms with E-state index in [0.717, 1.165) is 11.8 Å². The van der Waals surface area contributed by atoms with Gasteiger partial charge in [-0.3, -0.25) is 0 Å². The highest BCUT2D eigenvalue weighted by atomic mass is 32.2. The molecule has 0 rings (SSSR count). The Bertz CT molecular complexity index is 84.6. The summed E-state index contributed by atoms with van der Waals surface area (Å²) in [5, 5.41) is 16.8. The SMILES string of the molecule is O=C(O)C(O)SCS. The summed E-state index contributed by atoms with van der Waals surface area (Å²) in [4.78, 5) is 9.78. The van der Waals surface area contributed by atoms with E-state index in [-0.39, 0.29) is 0 Å². The number of carbonyl (C=O) groups is 1. The highest BCUT2D eigenvalue weighted by Crippen LogP contribution is 2.08. The second kappa shape index (κ2) is 4.05. The van der Waals surface area contributed by atoms with Gasteiger partial charge in [0.15, 0.2) is 5.44 Å². The van der Waals surface area contributed by atoms with Crippen molar-refractivity contribution in [2.75, 3.05) is 5.08 Å². The van der Waals surface area contributed by atoms with Crippen molar-refractivity contribution in [1.29, 1.82) is 0 Å². The molecule has 0 aliphatic rings. The van der Waals surface area contributed by atoms with Crippen molar-refractivity contribution in [1.82, 2.24) is 0 Å². The lowest BCUT2D eigenvalue weighted by molar-refractivity contribution is -0.141. The quantitative estimate of drug-likeness (QED) is 0.396. The number of aliphatic hydroxyl groups excluding tert-OH is 1. The van der Waals surface area contributed by atoms with Crippen molar-refractivity contribution in [2.24, 2.45) is 0 Å². The van der Waals surface area contributed by atoms with E-state index < -0.39 is 11.4 Å². The van der Waals surface area contributed by atoms with Crippen LogP contribution in [0.15, 0.2) is 0 Å². The summed E-state index contributed by atoms with van der Waals surface area (Å²) < 4.78 is 0. The smallest absolute Gasteiger partial charge is 0.343 e. The fourth-order valence-electron chi connectivity index (χ4n) is 0.142. The molecule has 8 heavy (non-hydrogen) atoms. The first-order chi connectivity index (χ1) is 3.68. The molecule has 0 aromatic carbocycles. The zero-order valence-electron chi connectivity index (χ0n) is 3.94. The van der Waals surface area contributed by atoms with Crippen LogP contribution in [0.4, 0.5) is 0 Å². The van der Waals surface area contributed by atoms with E-state index in [0.29, 0.717) is 5.08 Å². The molecule has 0 aliphatic carbocycles. The zero-order valence-corrected chi connectivity index (χ0v) is 5.65. The molecule has 0 fully saturated rings. The first kappa shape index (κ1) is 8.13. The maximum absolute atomic E-state index is 9.78. The second-order valence-electron chi connectivity index (χ2n) is 0.986. The molecule has 0 heterocycles. The summed E-state index contributed by atoms with van der Waals surface area (Å²) in [7, 11) is 0. The second-order valence-corrected chi connectivity index (χ2v) is 2.80. The van der Waals surface area contributed by atoms with Crippen LogP contribution in [-0.2, 0) is 4.79 Å². The first-order valence-corrected chi connectivity index (χ1v) is 3.50. The Morgan fingerprint density at radius 1 is 1.88 bits per heavy atom. The van der Waals surface area contributed by atoms with Gasteiger partial charge in [0.1, 0.15) is 0 Å². The Kier molecular flexibility index (Phi) is 4.12. The van der Waals surface area contributed by atoms with Crippen LogP contribution in [0.5, 0.6) is 0 Å². The van der Waals surface area contributed by atoms with Crippen LogP contribution in [0.2, 0.25) is 0 Å². The highest BCUT2D eigenvalue weighted by Gasteiger charge is 2.10. The molecule has 0 spiro atoms. The minimum absolute atomic E-state index is 0.313. The van der Waals surface area contributed by atoms with Crippen LogP contribution in [0.3, 0.4) is 0 Å². The molecule has 5 heteroatoms. The van der Waals surface area contributed by atoms with Crippen LogP contribution >= 0.6 is 24.4 Å². The highest BCUT2D eigenvalue weighted by molar-refractivity contribution is 8.10. The number of hydrogen-bond acceptors (Lipinski definition) is 4. The largest absolute Gasteiger partial charge is 0.479 e. The van der Waals surface area contributed by atoms with Gasteiger partial charge in [0.25, 0.3) is 0 Å². The number of carboxylic acids is 1. The van der Waals surface area contributed by atoms with E-state index in [1.54, 1.807) is 0 Å². The molecule has 0 aliphatic heterocycles. The van der Waals surface area contributed by atoms with Gasteiger partial charge in [-0.05, 0) is 0 Å². The summed E-state index contributed by atoms with van der Waals surface area (Å²) >= 11 is 4.55. The number of thiol groups is 1. The topological polar surface area (TPSA) is 57.5 Å². The zero-order chi connectivity index (χ0) is 6.57. The fraction of sp³-hybridized carbons (Fsp3) is 0.667. The molecule has 0 amide bonds. The van der Waals surface area contributed by atoms with E-state index in [2.05, 4.69) is 12.6 Å². The normalized spacial score (nSPS) is 13.2. The van der Waals surface area contributed by atoms with E-state index in [9.17, 15) is 4.79 Å². The first-order valence-electron chi connectivity index (χ1n) is 1.82. The Morgan fingerprint density at radius 3 is 2.50 bits per heavy atom. The molecule has 1 atom stereocenters. The van der Waals surface area contributed by atoms with E-state index >= 15 is 0 Å². The Morgan fingerprint density at radius 2 is 2.38 bits per heavy atom. The van der Waals surface area contributed by atoms with Gasteiger partial charge in [-0.2, -0.15) is 12.6 Å². The van der Waals surface area contributed by atoms with E-state index in [1.165, 1.54) is 0 Å².